The summed E-state index contributed by atoms with van der Waals surface area (Å²) < 4.78 is 4.53. The van der Waals surface area contributed by atoms with Gasteiger partial charge in [-0.15, -0.1) is 0 Å². The maximum Gasteiger partial charge on any atom is 0.145 e. The molecule has 0 atom stereocenters. The number of benzene rings is 13. The molecule has 2 heterocycles. The minimum atomic E-state index is 0.913. The zero-order valence-corrected chi connectivity index (χ0v) is 43.7. The van der Waals surface area contributed by atoms with E-state index < -0.39 is 0 Å². The van der Waals surface area contributed by atoms with Gasteiger partial charge in [-0.05, 0) is 161 Å². The maximum absolute atomic E-state index is 5.19. The van der Waals surface area contributed by atoms with Gasteiger partial charge in [0.25, 0.3) is 0 Å². The van der Waals surface area contributed by atoms with Crippen LogP contribution in [0.4, 0.5) is 0 Å². The van der Waals surface area contributed by atoms with Crippen LogP contribution in [0.2, 0.25) is 0 Å². The van der Waals surface area contributed by atoms with Crippen LogP contribution in [-0.2, 0) is 0 Å². The fourth-order valence-electron chi connectivity index (χ4n) is 11.9. The highest BCUT2D eigenvalue weighted by atomic mass is 15.1. The molecule has 0 aliphatic carbocycles. The Hall–Kier alpha value is -10.7. The Labute approximate surface area is 464 Å². The summed E-state index contributed by atoms with van der Waals surface area (Å²) in [6, 6.07) is 109. The van der Waals surface area contributed by atoms with Gasteiger partial charge < -0.3 is 0 Å². The van der Waals surface area contributed by atoms with Crippen molar-refractivity contribution in [1.82, 2.24) is 19.1 Å². The molecule has 15 rings (SSSR count). The summed E-state index contributed by atoms with van der Waals surface area (Å²) in [5.41, 5.74) is 22.4. The molecule has 0 amide bonds. The van der Waals surface area contributed by atoms with E-state index in [2.05, 4.69) is 312 Å². The van der Waals surface area contributed by atoms with Crippen LogP contribution in [0.25, 0.3) is 145 Å². The number of rotatable bonds is 10. The Balaban J connectivity index is 0.926. The molecule has 0 bridgehead atoms. The van der Waals surface area contributed by atoms with Crippen molar-refractivity contribution >= 4 is 43.6 Å². The lowest BCUT2D eigenvalue weighted by atomic mass is 9.83. The van der Waals surface area contributed by atoms with Gasteiger partial charge in [-0.2, -0.15) is 0 Å². The molecule has 0 aliphatic rings. The second-order valence-corrected chi connectivity index (χ2v) is 20.5. The Kier molecular flexibility index (Phi) is 11.5. The summed E-state index contributed by atoms with van der Waals surface area (Å²) in [7, 11) is 0. The van der Waals surface area contributed by atoms with Gasteiger partial charge in [0.2, 0.25) is 0 Å². The van der Waals surface area contributed by atoms with Crippen LogP contribution in [0.1, 0.15) is 0 Å². The number of hydrogen-bond donors (Lipinski definition) is 0. The SMILES string of the molecule is c1ccc(-c2cccc(-c3c4ccc(-c5ccc(-c6nc7ccccc7n6-c6ccccc6)cc5)cc4c(-c4cccc(-c5ccccc5)c4)c4ccc(-c5ccc(-c6nc7ccccc7n6-c6ccccc6)cc5)cc34)c2)cc1. The van der Waals surface area contributed by atoms with Gasteiger partial charge in [-0.25, -0.2) is 9.97 Å². The third kappa shape index (κ3) is 8.26. The summed E-state index contributed by atoms with van der Waals surface area (Å²) in [6.07, 6.45) is 0. The molecule has 0 aliphatic heterocycles. The van der Waals surface area contributed by atoms with Crippen molar-refractivity contribution in [1.29, 1.82) is 0 Å². The van der Waals surface area contributed by atoms with Crippen LogP contribution in [-0.4, -0.2) is 19.1 Å². The lowest BCUT2D eigenvalue weighted by Gasteiger charge is -2.20. The number of imidazole rings is 2. The molecule has 0 saturated carbocycles. The summed E-state index contributed by atoms with van der Waals surface area (Å²) in [5, 5.41) is 4.75. The number of hydrogen-bond acceptors (Lipinski definition) is 2. The second-order valence-electron chi connectivity index (χ2n) is 20.5. The number of para-hydroxylation sites is 6. The minimum absolute atomic E-state index is 0.913. The molecule has 4 nitrogen and oxygen atoms in total. The predicted molar refractivity (Wildman–Crippen MR) is 334 cm³/mol. The topological polar surface area (TPSA) is 35.6 Å². The third-order valence-electron chi connectivity index (χ3n) is 15.7. The largest absolute Gasteiger partial charge is 0.292 e. The van der Waals surface area contributed by atoms with Gasteiger partial charge in [-0.1, -0.05) is 231 Å². The van der Waals surface area contributed by atoms with E-state index in [4.69, 9.17) is 9.97 Å². The molecule has 2 aromatic heterocycles. The minimum Gasteiger partial charge on any atom is -0.292 e. The van der Waals surface area contributed by atoms with Crippen molar-refractivity contribution in [2.45, 2.75) is 0 Å². The molecular weight excluding hydrogens is 969 g/mol. The van der Waals surface area contributed by atoms with Crippen LogP contribution in [0.5, 0.6) is 0 Å². The van der Waals surface area contributed by atoms with E-state index in [1.165, 1.54) is 54.9 Å². The highest BCUT2D eigenvalue weighted by Crippen LogP contribution is 2.47. The van der Waals surface area contributed by atoms with Gasteiger partial charge in [0.05, 0.1) is 22.1 Å². The number of fused-ring (bicyclic) bond motifs is 4. The van der Waals surface area contributed by atoms with E-state index in [0.717, 1.165) is 89.6 Å². The van der Waals surface area contributed by atoms with Crippen LogP contribution in [0, 0.1) is 0 Å². The molecule has 374 valence electrons. The first-order valence-electron chi connectivity index (χ1n) is 27.3. The van der Waals surface area contributed by atoms with Crippen molar-refractivity contribution in [3.63, 3.8) is 0 Å². The summed E-state index contributed by atoms with van der Waals surface area (Å²) in [5.74, 6) is 1.83. The van der Waals surface area contributed by atoms with Crippen LogP contribution in [0.15, 0.2) is 303 Å². The fourth-order valence-corrected chi connectivity index (χ4v) is 11.9. The summed E-state index contributed by atoms with van der Waals surface area (Å²) in [6.45, 7) is 0. The van der Waals surface area contributed by atoms with E-state index in [-0.39, 0.29) is 0 Å². The Morgan fingerprint density at radius 1 is 0.200 bits per heavy atom. The molecular formula is C76H50N4. The number of aromatic nitrogens is 4. The van der Waals surface area contributed by atoms with Crippen molar-refractivity contribution in [3.05, 3.63) is 303 Å². The second kappa shape index (κ2) is 19.7. The fraction of sp³-hybridized carbons (Fsp3) is 0. The zero-order valence-electron chi connectivity index (χ0n) is 43.7. The summed E-state index contributed by atoms with van der Waals surface area (Å²) >= 11 is 0. The molecule has 0 saturated heterocycles. The zero-order chi connectivity index (χ0) is 52.9. The highest BCUT2D eigenvalue weighted by Gasteiger charge is 2.21. The van der Waals surface area contributed by atoms with Gasteiger partial charge in [0.15, 0.2) is 0 Å². The van der Waals surface area contributed by atoms with Crippen molar-refractivity contribution < 1.29 is 0 Å². The van der Waals surface area contributed by atoms with E-state index in [1.54, 1.807) is 0 Å². The van der Waals surface area contributed by atoms with E-state index in [9.17, 15) is 0 Å². The van der Waals surface area contributed by atoms with Crippen molar-refractivity contribution in [2.24, 2.45) is 0 Å². The van der Waals surface area contributed by atoms with Crippen LogP contribution in [0.3, 0.4) is 0 Å². The molecule has 0 spiro atoms. The van der Waals surface area contributed by atoms with E-state index in [1.807, 2.05) is 0 Å². The van der Waals surface area contributed by atoms with E-state index >= 15 is 0 Å². The molecule has 4 heteroatoms. The Morgan fingerprint density at radius 2 is 0.500 bits per heavy atom. The van der Waals surface area contributed by atoms with Gasteiger partial charge in [0, 0.05) is 22.5 Å². The van der Waals surface area contributed by atoms with E-state index in [0.29, 0.717) is 0 Å². The monoisotopic (exact) mass is 1020 g/mol. The average molecular weight is 1020 g/mol. The first kappa shape index (κ1) is 46.6. The smallest absolute Gasteiger partial charge is 0.145 e. The van der Waals surface area contributed by atoms with Gasteiger partial charge >= 0.3 is 0 Å². The molecule has 0 unspecified atom stereocenters. The molecule has 80 heavy (non-hydrogen) atoms. The molecule has 13 aromatic carbocycles. The van der Waals surface area contributed by atoms with Crippen molar-refractivity contribution in [3.8, 4) is 101 Å². The predicted octanol–water partition coefficient (Wildman–Crippen LogP) is 20.0. The van der Waals surface area contributed by atoms with Crippen LogP contribution < -0.4 is 0 Å². The first-order valence-corrected chi connectivity index (χ1v) is 27.3. The Bertz CT molecular complexity index is 4460. The maximum atomic E-state index is 5.19. The average Bonchev–Trinajstić information content (AvgIpc) is 4.27. The number of nitrogens with zero attached hydrogens (tertiary/aromatic N) is 4. The quantitative estimate of drug-likeness (QED) is 0.128. The normalized spacial score (nSPS) is 11.5. The molecule has 0 N–H and O–H groups in total. The van der Waals surface area contributed by atoms with Gasteiger partial charge in [0.1, 0.15) is 11.6 Å². The lowest BCUT2D eigenvalue weighted by Crippen LogP contribution is -1.97. The molecule has 0 fully saturated rings. The standard InChI is InChI=1S/C76H50N4/c1-5-19-51(20-6-1)57-23-17-25-61(47-57)73-65-45-43-60(54-37-41-56(42-38-54)76-78-70-32-14-16-34-72(70)80(76)64-29-11-4-12-30-64)50-68(65)74(62-26-18-24-58(48-62)52-21-7-2-8-22-52)66-46-44-59(49-67(66)73)53-35-39-55(40-36-53)75-77-69-31-13-15-33-71(69)79(75)63-27-9-3-10-28-63/h1-50H. The van der Waals surface area contributed by atoms with Crippen molar-refractivity contribution in [2.75, 3.05) is 0 Å². The lowest BCUT2D eigenvalue weighted by molar-refractivity contribution is 1.10. The van der Waals surface area contributed by atoms with Gasteiger partial charge in [-0.3, -0.25) is 9.13 Å². The van der Waals surface area contributed by atoms with Crippen LogP contribution >= 0.6 is 0 Å². The third-order valence-corrected chi connectivity index (χ3v) is 15.7. The summed E-state index contributed by atoms with van der Waals surface area (Å²) in [4.78, 5) is 10.4. The first-order chi connectivity index (χ1) is 39.7. The Morgan fingerprint density at radius 3 is 0.912 bits per heavy atom. The highest BCUT2D eigenvalue weighted by molar-refractivity contribution is 6.23. The molecule has 0 radical (unpaired) electrons. The molecule has 15 aromatic rings.